The molecule has 0 fully saturated rings. The lowest BCUT2D eigenvalue weighted by Crippen LogP contribution is -2.04. The van der Waals surface area contributed by atoms with Crippen LogP contribution in [-0.4, -0.2) is 27.1 Å². The highest BCUT2D eigenvalue weighted by Gasteiger charge is 2.17. The van der Waals surface area contributed by atoms with E-state index in [4.69, 9.17) is 5.11 Å². The van der Waals surface area contributed by atoms with Crippen molar-refractivity contribution in [3.63, 3.8) is 0 Å². The molecule has 5 heteroatoms. The lowest BCUT2D eigenvalue weighted by Gasteiger charge is -2.08. The van der Waals surface area contributed by atoms with Crippen LogP contribution in [0, 0.1) is 13.8 Å². The molecule has 2 rings (SSSR count). The normalized spacial score (nSPS) is 10.3. The molecule has 1 N–H and O–H groups in total. The van der Waals surface area contributed by atoms with E-state index in [2.05, 4.69) is 5.10 Å². The average molecular weight is 244 g/mol. The Morgan fingerprint density at radius 1 is 1.33 bits per heavy atom. The van der Waals surface area contributed by atoms with Gasteiger partial charge in [0.1, 0.15) is 0 Å². The molecule has 0 spiro atoms. The second-order valence-electron chi connectivity index (χ2n) is 4.04. The van der Waals surface area contributed by atoms with Gasteiger partial charge < -0.3 is 5.11 Å². The Morgan fingerprint density at radius 2 is 1.94 bits per heavy atom. The molecular weight excluding hydrogens is 232 g/mol. The number of aldehydes is 1. The predicted octanol–water partition coefficient (Wildman–Crippen LogP) is 2.00. The Bertz CT molecular complexity index is 609. The fourth-order valence-corrected chi connectivity index (χ4v) is 1.92. The van der Waals surface area contributed by atoms with Crippen LogP contribution in [0.4, 0.5) is 0 Å². The molecule has 1 aromatic carbocycles. The average Bonchev–Trinajstić information content (AvgIpc) is 2.73. The number of nitrogens with zero attached hydrogens (tertiary/aromatic N) is 2. The minimum absolute atomic E-state index is 0.0742. The van der Waals surface area contributed by atoms with Crippen LogP contribution in [0.2, 0.25) is 0 Å². The molecule has 0 radical (unpaired) electrons. The van der Waals surface area contributed by atoms with Gasteiger partial charge in [0.05, 0.1) is 11.3 Å². The van der Waals surface area contributed by atoms with Gasteiger partial charge in [-0.1, -0.05) is 18.2 Å². The fourth-order valence-electron chi connectivity index (χ4n) is 1.92. The first-order valence-electron chi connectivity index (χ1n) is 5.39. The summed E-state index contributed by atoms with van der Waals surface area (Å²) in [6.45, 7) is 3.82. The Labute approximate surface area is 104 Å². The van der Waals surface area contributed by atoms with Crippen LogP contribution >= 0.6 is 0 Å². The smallest absolute Gasteiger partial charge is 0.357 e. The molecule has 0 aliphatic rings. The van der Waals surface area contributed by atoms with E-state index in [-0.39, 0.29) is 11.3 Å². The monoisotopic (exact) mass is 244 g/mol. The SMILES string of the molecule is Cc1cccc(C)c1-n1cc(C=O)c(C(=O)O)n1. The van der Waals surface area contributed by atoms with Gasteiger partial charge in [-0.3, -0.25) is 4.79 Å². The maximum absolute atomic E-state index is 11.0. The number of carbonyl (C=O) groups is 2. The zero-order chi connectivity index (χ0) is 13.3. The molecule has 0 aliphatic heterocycles. The molecule has 1 aromatic heterocycles. The van der Waals surface area contributed by atoms with Crippen LogP contribution in [-0.2, 0) is 0 Å². The number of hydrogen-bond donors (Lipinski definition) is 1. The molecule has 0 saturated heterocycles. The van der Waals surface area contributed by atoms with E-state index in [1.165, 1.54) is 10.9 Å². The third-order valence-electron chi connectivity index (χ3n) is 2.74. The van der Waals surface area contributed by atoms with E-state index in [1.54, 1.807) is 0 Å². The van der Waals surface area contributed by atoms with Crippen LogP contribution in [0.1, 0.15) is 32.0 Å². The quantitative estimate of drug-likeness (QED) is 0.838. The standard InChI is InChI=1S/C13H12N2O3/c1-8-4-3-5-9(2)12(8)15-6-10(7-16)11(14-15)13(17)18/h3-7H,1-2H3,(H,17,18). The summed E-state index contributed by atoms with van der Waals surface area (Å²) in [6.07, 6.45) is 1.94. The van der Waals surface area contributed by atoms with E-state index in [0.717, 1.165) is 16.8 Å². The summed E-state index contributed by atoms with van der Waals surface area (Å²) in [4.78, 5) is 21.8. The van der Waals surface area contributed by atoms with Crippen LogP contribution < -0.4 is 0 Å². The number of carboxylic acids is 1. The number of aromatic nitrogens is 2. The van der Waals surface area contributed by atoms with Crippen molar-refractivity contribution in [2.75, 3.05) is 0 Å². The summed E-state index contributed by atoms with van der Waals surface area (Å²) in [5.74, 6) is -1.21. The molecule has 1 heterocycles. The first-order chi connectivity index (χ1) is 8.54. The lowest BCUT2D eigenvalue weighted by atomic mass is 10.1. The summed E-state index contributed by atoms with van der Waals surface area (Å²) in [5, 5.41) is 12.9. The second-order valence-corrected chi connectivity index (χ2v) is 4.04. The van der Waals surface area contributed by atoms with E-state index in [9.17, 15) is 9.59 Å². The van der Waals surface area contributed by atoms with Crippen molar-refractivity contribution in [3.05, 3.63) is 46.8 Å². The molecule has 0 atom stereocenters. The number of rotatable bonds is 3. The Kier molecular flexibility index (Phi) is 2.97. The van der Waals surface area contributed by atoms with Crippen LogP contribution in [0.15, 0.2) is 24.4 Å². The molecule has 92 valence electrons. The van der Waals surface area contributed by atoms with E-state index in [1.807, 2.05) is 32.0 Å². The first-order valence-corrected chi connectivity index (χ1v) is 5.39. The van der Waals surface area contributed by atoms with Crippen molar-refractivity contribution in [1.29, 1.82) is 0 Å². The summed E-state index contributed by atoms with van der Waals surface area (Å²) >= 11 is 0. The van der Waals surface area contributed by atoms with Gasteiger partial charge in [0.15, 0.2) is 12.0 Å². The Hall–Kier alpha value is -2.43. The number of carbonyl (C=O) groups excluding carboxylic acids is 1. The van der Waals surface area contributed by atoms with Gasteiger partial charge in [0.2, 0.25) is 0 Å². The third kappa shape index (κ3) is 1.90. The number of hydrogen-bond acceptors (Lipinski definition) is 3. The topological polar surface area (TPSA) is 72.2 Å². The molecule has 5 nitrogen and oxygen atoms in total. The molecule has 0 bridgehead atoms. The number of para-hydroxylation sites is 1. The highest BCUT2D eigenvalue weighted by atomic mass is 16.4. The number of carboxylic acid groups (broad SMARTS) is 1. The zero-order valence-electron chi connectivity index (χ0n) is 10.0. The van der Waals surface area contributed by atoms with Crippen LogP contribution in [0.3, 0.4) is 0 Å². The molecule has 0 aliphatic carbocycles. The van der Waals surface area contributed by atoms with Crippen molar-refractivity contribution >= 4 is 12.3 Å². The third-order valence-corrected chi connectivity index (χ3v) is 2.74. The molecule has 2 aromatic rings. The van der Waals surface area contributed by atoms with Gasteiger partial charge in [-0.25, -0.2) is 9.48 Å². The van der Waals surface area contributed by atoms with Crippen molar-refractivity contribution in [2.24, 2.45) is 0 Å². The maximum atomic E-state index is 11.0. The summed E-state index contributed by atoms with van der Waals surface area (Å²) < 4.78 is 1.44. The Balaban J connectivity index is 2.65. The predicted molar refractivity (Wildman–Crippen MR) is 65.4 cm³/mol. The van der Waals surface area contributed by atoms with Crippen LogP contribution in [0.25, 0.3) is 5.69 Å². The molecule has 0 unspecified atom stereocenters. The van der Waals surface area contributed by atoms with Gasteiger partial charge in [0, 0.05) is 6.20 Å². The maximum Gasteiger partial charge on any atom is 0.357 e. The van der Waals surface area contributed by atoms with Crippen LogP contribution in [0.5, 0.6) is 0 Å². The summed E-state index contributed by atoms with van der Waals surface area (Å²) in [6, 6.07) is 5.73. The zero-order valence-corrected chi connectivity index (χ0v) is 10.0. The lowest BCUT2D eigenvalue weighted by molar-refractivity contribution is 0.0687. The van der Waals surface area contributed by atoms with E-state index in [0.29, 0.717) is 6.29 Å². The number of benzene rings is 1. The molecule has 0 amide bonds. The van der Waals surface area contributed by atoms with Gasteiger partial charge in [0.25, 0.3) is 0 Å². The number of aryl methyl sites for hydroxylation is 2. The minimum atomic E-state index is -1.21. The van der Waals surface area contributed by atoms with Gasteiger partial charge in [-0.05, 0) is 25.0 Å². The van der Waals surface area contributed by atoms with Crippen molar-refractivity contribution in [1.82, 2.24) is 9.78 Å². The number of aromatic carboxylic acids is 1. The van der Waals surface area contributed by atoms with E-state index < -0.39 is 5.97 Å². The van der Waals surface area contributed by atoms with Crippen molar-refractivity contribution in [3.8, 4) is 5.69 Å². The van der Waals surface area contributed by atoms with Gasteiger partial charge in [-0.2, -0.15) is 5.10 Å². The largest absolute Gasteiger partial charge is 0.476 e. The summed E-state index contributed by atoms with van der Waals surface area (Å²) in [7, 11) is 0. The van der Waals surface area contributed by atoms with Gasteiger partial charge >= 0.3 is 5.97 Å². The minimum Gasteiger partial charge on any atom is -0.476 e. The summed E-state index contributed by atoms with van der Waals surface area (Å²) in [5.41, 5.74) is 2.57. The highest BCUT2D eigenvalue weighted by molar-refractivity contribution is 5.95. The van der Waals surface area contributed by atoms with Crippen molar-refractivity contribution in [2.45, 2.75) is 13.8 Å². The second kappa shape index (κ2) is 4.44. The molecule has 18 heavy (non-hydrogen) atoms. The molecule has 0 saturated carbocycles. The van der Waals surface area contributed by atoms with Crippen molar-refractivity contribution < 1.29 is 14.7 Å². The first kappa shape index (κ1) is 12.0. The van der Waals surface area contributed by atoms with E-state index >= 15 is 0 Å². The van der Waals surface area contributed by atoms with Gasteiger partial charge in [-0.15, -0.1) is 0 Å². The Morgan fingerprint density at radius 3 is 2.39 bits per heavy atom. The fraction of sp³-hybridized carbons (Fsp3) is 0.154. The molecular formula is C13H12N2O3. The highest BCUT2D eigenvalue weighted by Crippen LogP contribution is 2.19.